The number of likely N-dealkylation sites (tertiary alicyclic amines) is 1. The number of carbonyl (C=O) groups excluding carboxylic acids is 4. The van der Waals surface area contributed by atoms with Gasteiger partial charge in [-0.25, -0.2) is 4.79 Å². The van der Waals surface area contributed by atoms with Crippen LogP contribution in [-0.2, 0) is 32.1 Å². The van der Waals surface area contributed by atoms with E-state index in [9.17, 15) is 19.2 Å². The van der Waals surface area contributed by atoms with Crippen LogP contribution in [0.25, 0.3) is 0 Å². The normalized spacial score (nSPS) is 16.6. The molecule has 1 saturated heterocycles. The Bertz CT molecular complexity index is 1060. The third-order valence-electron chi connectivity index (χ3n) is 6.29. The Morgan fingerprint density at radius 2 is 1.57 bits per heavy atom. The van der Waals surface area contributed by atoms with Crippen molar-refractivity contribution in [2.45, 2.75) is 64.3 Å². The Hall–Kier alpha value is -3.88. The van der Waals surface area contributed by atoms with Crippen LogP contribution in [0, 0.1) is 5.92 Å². The number of ether oxygens (including phenoxy) is 1. The number of primary amides is 1. The maximum atomic E-state index is 13.4. The van der Waals surface area contributed by atoms with E-state index >= 15 is 0 Å². The van der Waals surface area contributed by atoms with Gasteiger partial charge in [-0.15, -0.1) is 0 Å². The Kier molecular flexibility index (Phi) is 10.1. The maximum Gasteiger partial charge on any atom is 0.408 e. The lowest BCUT2D eigenvalue weighted by atomic mass is 10.0. The Balaban J connectivity index is 1.73. The molecule has 3 atom stereocenters. The zero-order valence-corrected chi connectivity index (χ0v) is 21.4. The van der Waals surface area contributed by atoms with Gasteiger partial charge in [0.1, 0.15) is 24.7 Å². The smallest absolute Gasteiger partial charge is 0.408 e. The lowest BCUT2D eigenvalue weighted by Gasteiger charge is -2.30. The van der Waals surface area contributed by atoms with Crippen LogP contribution in [0.4, 0.5) is 4.79 Å². The molecular weight excluding hydrogens is 472 g/mol. The van der Waals surface area contributed by atoms with Crippen molar-refractivity contribution in [2.75, 3.05) is 6.54 Å². The predicted octanol–water partition coefficient (Wildman–Crippen LogP) is 2.53. The van der Waals surface area contributed by atoms with E-state index in [1.54, 1.807) is 0 Å². The molecule has 4 amide bonds. The van der Waals surface area contributed by atoms with E-state index in [1.807, 2.05) is 74.5 Å². The fraction of sp³-hybridized carbons (Fsp3) is 0.429. The van der Waals surface area contributed by atoms with Crippen molar-refractivity contribution < 1.29 is 23.9 Å². The Morgan fingerprint density at radius 3 is 2.16 bits per heavy atom. The number of hydrogen-bond donors (Lipinski definition) is 3. The molecule has 3 rings (SSSR count). The van der Waals surface area contributed by atoms with Gasteiger partial charge in [-0.2, -0.15) is 0 Å². The van der Waals surface area contributed by atoms with E-state index < -0.39 is 36.0 Å². The van der Waals surface area contributed by atoms with E-state index in [0.717, 1.165) is 11.1 Å². The summed E-state index contributed by atoms with van der Waals surface area (Å²) in [5.41, 5.74) is 7.16. The summed E-state index contributed by atoms with van der Waals surface area (Å²) in [6, 6.07) is 16.0. The Morgan fingerprint density at radius 1 is 0.946 bits per heavy atom. The van der Waals surface area contributed by atoms with Crippen LogP contribution in [0.1, 0.15) is 44.2 Å². The molecule has 9 nitrogen and oxygen atoms in total. The molecular formula is C28H36N4O5. The molecule has 1 aliphatic rings. The fourth-order valence-corrected chi connectivity index (χ4v) is 4.46. The van der Waals surface area contributed by atoms with Crippen molar-refractivity contribution in [3.63, 3.8) is 0 Å². The average molecular weight is 509 g/mol. The van der Waals surface area contributed by atoms with Gasteiger partial charge < -0.3 is 26.0 Å². The van der Waals surface area contributed by atoms with Crippen LogP contribution in [0.3, 0.4) is 0 Å². The first-order valence-corrected chi connectivity index (χ1v) is 12.7. The maximum absolute atomic E-state index is 13.4. The molecule has 0 saturated carbocycles. The lowest BCUT2D eigenvalue weighted by molar-refractivity contribution is -0.141. The second-order valence-corrected chi connectivity index (χ2v) is 9.73. The average Bonchev–Trinajstić information content (AvgIpc) is 3.38. The second-order valence-electron chi connectivity index (χ2n) is 9.73. The number of benzene rings is 2. The first kappa shape index (κ1) is 27.7. The number of rotatable bonds is 11. The van der Waals surface area contributed by atoms with E-state index in [-0.39, 0.29) is 24.9 Å². The van der Waals surface area contributed by atoms with E-state index in [4.69, 9.17) is 10.5 Å². The number of nitrogens with zero attached hydrogens (tertiary/aromatic N) is 1. The first-order chi connectivity index (χ1) is 17.7. The minimum atomic E-state index is -0.973. The van der Waals surface area contributed by atoms with Crippen LogP contribution >= 0.6 is 0 Å². The summed E-state index contributed by atoms with van der Waals surface area (Å²) in [7, 11) is 0. The van der Waals surface area contributed by atoms with E-state index in [0.29, 0.717) is 25.8 Å². The minimum Gasteiger partial charge on any atom is -0.445 e. The molecule has 2 aromatic carbocycles. The first-order valence-electron chi connectivity index (χ1n) is 12.7. The lowest BCUT2D eigenvalue weighted by Crippen LogP contribution is -2.57. The van der Waals surface area contributed by atoms with Gasteiger partial charge in [0.2, 0.25) is 17.7 Å². The van der Waals surface area contributed by atoms with Gasteiger partial charge in [0, 0.05) is 13.0 Å². The number of amides is 4. The highest BCUT2D eigenvalue weighted by Crippen LogP contribution is 2.20. The highest BCUT2D eigenvalue weighted by Gasteiger charge is 2.37. The summed E-state index contributed by atoms with van der Waals surface area (Å²) in [5.74, 6) is -1.30. The van der Waals surface area contributed by atoms with Crippen molar-refractivity contribution in [1.82, 2.24) is 15.5 Å². The summed E-state index contributed by atoms with van der Waals surface area (Å²) in [5, 5.41) is 5.49. The monoisotopic (exact) mass is 508 g/mol. The molecule has 1 aliphatic heterocycles. The summed E-state index contributed by atoms with van der Waals surface area (Å²) in [6.07, 6.45) is 1.04. The quantitative estimate of drug-likeness (QED) is 0.429. The number of nitrogens with two attached hydrogens (primary N) is 1. The number of nitrogens with one attached hydrogen (secondary N) is 2. The molecule has 0 aromatic heterocycles. The zero-order chi connectivity index (χ0) is 26.8. The van der Waals surface area contributed by atoms with Crippen LogP contribution in [0.5, 0.6) is 0 Å². The highest BCUT2D eigenvalue weighted by atomic mass is 16.5. The summed E-state index contributed by atoms with van der Waals surface area (Å²) in [4.78, 5) is 52.8. The van der Waals surface area contributed by atoms with Gasteiger partial charge in [-0.3, -0.25) is 14.4 Å². The molecule has 0 spiro atoms. The fourth-order valence-electron chi connectivity index (χ4n) is 4.46. The second kappa shape index (κ2) is 13.4. The number of carbonyl (C=O) groups is 4. The standard InChI is InChI=1S/C28H36N4O5/c1-19(2)16-23(27(35)32-15-9-14-24(32)25(29)33)30-26(34)22(17-20-10-5-3-6-11-20)31-28(36)37-18-21-12-7-4-8-13-21/h3-8,10-13,19,22-24H,9,14-18H2,1-2H3,(H2,29,33)(H,30,34)(H,31,36)/t22-,23-,24-/m0/s1. The van der Waals surface area contributed by atoms with Gasteiger partial charge in [0.05, 0.1) is 0 Å². The van der Waals surface area contributed by atoms with Crippen molar-refractivity contribution in [1.29, 1.82) is 0 Å². The SMILES string of the molecule is CC(C)C[C@H](NC(=O)[C@H](Cc1ccccc1)NC(=O)OCc1ccccc1)C(=O)N1CCC[C@H]1C(N)=O. The molecule has 2 aromatic rings. The van der Waals surface area contributed by atoms with Crippen molar-refractivity contribution in [3.05, 3.63) is 71.8 Å². The summed E-state index contributed by atoms with van der Waals surface area (Å²) >= 11 is 0. The van der Waals surface area contributed by atoms with E-state index in [1.165, 1.54) is 4.90 Å². The van der Waals surface area contributed by atoms with Gasteiger partial charge in [-0.05, 0) is 36.3 Å². The molecule has 0 radical (unpaired) electrons. The van der Waals surface area contributed by atoms with Crippen LogP contribution in [0.2, 0.25) is 0 Å². The van der Waals surface area contributed by atoms with Gasteiger partial charge >= 0.3 is 6.09 Å². The molecule has 0 aliphatic carbocycles. The minimum absolute atomic E-state index is 0.0598. The molecule has 0 bridgehead atoms. The van der Waals surface area contributed by atoms with Gasteiger partial charge in [0.15, 0.2) is 0 Å². The topological polar surface area (TPSA) is 131 Å². The zero-order valence-electron chi connectivity index (χ0n) is 21.4. The summed E-state index contributed by atoms with van der Waals surface area (Å²) in [6.45, 7) is 4.37. The van der Waals surface area contributed by atoms with Crippen LogP contribution in [0.15, 0.2) is 60.7 Å². The third kappa shape index (κ3) is 8.34. The molecule has 37 heavy (non-hydrogen) atoms. The van der Waals surface area contributed by atoms with Gasteiger partial charge in [-0.1, -0.05) is 74.5 Å². The van der Waals surface area contributed by atoms with Crippen molar-refractivity contribution in [2.24, 2.45) is 11.7 Å². The largest absolute Gasteiger partial charge is 0.445 e. The third-order valence-corrected chi connectivity index (χ3v) is 6.29. The van der Waals surface area contributed by atoms with Crippen molar-refractivity contribution in [3.8, 4) is 0 Å². The number of hydrogen-bond acceptors (Lipinski definition) is 5. The van der Waals surface area contributed by atoms with Crippen LogP contribution in [-0.4, -0.2) is 53.4 Å². The highest BCUT2D eigenvalue weighted by molar-refractivity contribution is 5.94. The molecule has 198 valence electrons. The molecule has 0 unspecified atom stereocenters. The number of alkyl carbamates (subject to hydrolysis) is 1. The molecule has 4 N–H and O–H groups in total. The predicted molar refractivity (Wildman–Crippen MR) is 139 cm³/mol. The van der Waals surface area contributed by atoms with Gasteiger partial charge in [0.25, 0.3) is 0 Å². The molecule has 1 fully saturated rings. The molecule has 9 heteroatoms. The van der Waals surface area contributed by atoms with Crippen molar-refractivity contribution >= 4 is 23.8 Å². The van der Waals surface area contributed by atoms with Crippen LogP contribution < -0.4 is 16.4 Å². The summed E-state index contributed by atoms with van der Waals surface area (Å²) < 4.78 is 5.33. The van der Waals surface area contributed by atoms with E-state index in [2.05, 4.69) is 10.6 Å². The Labute approximate surface area is 217 Å². The molecule has 1 heterocycles.